The maximum absolute atomic E-state index is 11.1. The number of fused-ring (bicyclic) bond motifs is 1. The molecule has 0 saturated carbocycles. The minimum Gasteiger partial charge on any atom is -0.260 e. The molecule has 3 rings (SSSR count). The first-order valence-electron chi connectivity index (χ1n) is 6.63. The van der Waals surface area contributed by atoms with Crippen molar-refractivity contribution in [2.24, 2.45) is 10.3 Å². The van der Waals surface area contributed by atoms with Crippen molar-refractivity contribution in [3.8, 4) is 0 Å². The molecule has 3 aromatic carbocycles. The predicted molar refractivity (Wildman–Crippen MR) is 85.2 cm³/mol. The highest BCUT2D eigenvalue weighted by molar-refractivity contribution is 5.98. The van der Waals surface area contributed by atoms with Gasteiger partial charge in [0.15, 0.2) is 0 Å². The lowest BCUT2D eigenvalue weighted by molar-refractivity contribution is -0.383. The van der Waals surface area contributed by atoms with Crippen LogP contribution in [-0.2, 0) is 0 Å². The number of benzene rings is 3. The Labute approximate surface area is 126 Å². The molecular formula is C16H12N4O2. The third-order valence-electron chi connectivity index (χ3n) is 3.19. The normalized spacial score (nSPS) is 10.9. The first kappa shape index (κ1) is 13.7. The molecule has 3 aromatic rings. The van der Waals surface area contributed by atoms with Crippen molar-refractivity contribution in [1.29, 1.82) is 0 Å². The van der Waals surface area contributed by atoms with E-state index in [1.54, 1.807) is 24.3 Å². The molecule has 22 heavy (non-hydrogen) atoms. The SMILES string of the molecule is O=[N+]([O-])c1ccc(N=NNc2ccccc2)c2ccccc12. The van der Waals surface area contributed by atoms with Crippen LogP contribution in [0.2, 0.25) is 0 Å². The van der Waals surface area contributed by atoms with E-state index in [9.17, 15) is 10.1 Å². The van der Waals surface area contributed by atoms with Gasteiger partial charge >= 0.3 is 0 Å². The molecular weight excluding hydrogens is 280 g/mol. The molecule has 0 radical (unpaired) electrons. The largest absolute Gasteiger partial charge is 0.277 e. The molecule has 0 atom stereocenters. The average Bonchev–Trinajstić information content (AvgIpc) is 2.55. The highest BCUT2D eigenvalue weighted by Crippen LogP contribution is 2.33. The molecule has 6 nitrogen and oxygen atoms in total. The molecule has 0 amide bonds. The lowest BCUT2D eigenvalue weighted by Gasteiger charge is -2.02. The number of hydrogen-bond acceptors (Lipinski definition) is 4. The summed E-state index contributed by atoms with van der Waals surface area (Å²) in [5, 5.41) is 20.4. The number of non-ortho nitro benzene ring substituents is 1. The molecule has 6 heteroatoms. The van der Waals surface area contributed by atoms with E-state index in [1.165, 1.54) is 6.07 Å². The predicted octanol–water partition coefficient (Wildman–Crippen LogP) is 4.86. The van der Waals surface area contributed by atoms with Gasteiger partial charge in [-0.25, -0.2) is 0 Å². The van der Waals surface area contributed by atoms with Crippen molar-refractivity contribution in [3.05, 3.63) is 76.8 Å². The van der Waals surface area contributed by atoms with Gasteiger partial charge in [0, 0.05) is 11.5 Å². The van der Waals surface area contributed by atoms with Crippen LogP contribution < -0.4 is 5.43 Å². The van der Waals surface area contributed by atoms with Crippen LogP contribution in [0.25, 0.3) is 10.8 Å². The molecule has 1 N–H and O–H groups in total. The summed E-state index contributed by atoms with van der Waals surface area (Å²) in [5.74, 6) is 0. The maximum Gasteiger partial charge on any atom is 0.277 e. The third-order valence-corrected chi connectivity index (χ3v) is 3.19. The lowest BCUT2D eigenvalue weighted by atomic mass is 10.1. The number of rotatable bonds is 4. The van der Waals surface area contributed by atoms with Crippen LogP contribution >= 0.6 is 0 Å². The smallest absolute Gasteiger partial charge is 0.260 e. The summed E-state index contributed by atoms with van der Waals surface area (Å²) in [5.41, 5.74) is 4.27. The van der Waals surface area contributed by atoms with Crippen molar-refractivity contribution in [2.75, 3.05) is 5.43 Å². The van der Waals surface area contributed by atoms with Gasteiger partial charge in [0.05, 0.1) is 21.7 Å². The van der Waals surface area contributed by atoms with E-state index in [1.807, 2.05) is 36.4 Å². The second-order valence-electron chi connectivity index (χ2n) is 4.58. The Morgan fingerprint density at radius 3 is 2.27 bits per heavy atom. The quantitative estimate of drug-likeness (QED) is 0.423. The summed E-state index contributed by atoms with van der Waals surface area (Å²) < 4.78 is 0. The minimum atomic E-state index is -0.397. The number of nitrogens with one attached hydrogen (secondary N) is 1. The average molecular weight is 292 g/mol. The zero-order valence-corrected chi connectivity index (χ0v) is 11.5. The zero-order valence-electron chi connectivity index (χ0n) is 11.5. The van der Waals surface area contributed by atoms with Crippen LogP contribution in [0.4, 0.5) is 17.1 Å². The maximum atomic E-state index is 11.1. The lowest BCUT2D eigenvalue weighted by Crippen LogP contribution is -1.89. The van der Waals surface area contributed by atoms with Crippen molar-refractivity contribution in [1.82, 2.24) is 0 Å². The molecule has 0 fully saturated rings. The van der Waals surface area contributed by atoms with Gasteiger partial charge in [0.1, 0.15) is 0 Å². The van der Waals surface area contributed by atoms with E-state index in [0.717, 1.165) is 5.69 Å². The van der Waals surface area contributed by atoms with Crippen molar-refractivity contribution < 1.29 is 4.92 Å². The number of hydrogen-bond donors (Lipinski definition) is 1. The number of anilines is 1. The fourth-order valence-corrected chi connectivity index (χ4v) is 2.16. The first-order valence-corrected chi connectivity index (χ1v) is 6.63. The molecule has 108 valence electrons. The first-order chi connectivity index (χ1) is 10.8. The van der Waals surface area contributed by atoms with E-state index in [2.05, 4.69) is 15.8 Å². The molecule has 0 heterocycles. The van der Waals surface area contributed by atoms with Gasteiger partial charge in [-0.15, -0.1) is 5.11 Å². The summed E-state index contributed by atoms with van der Waals surface area (Å²) in [6, 6.07) is 19.5. The molecule has 0 unspecified atom stereocenters. The van der Waals surface area contributed by atoms with E-state index < -0.39 is 4.92 Å². The van der Waals surface area contributed by atoms with Crippen LogP contribution in [-0.4, -0.2) is 4.92 Å². The highest BCUT2D eigenvalue weighted by atomic mass is 16.6. The van der Waals surface area contributed by atoms with Crippen LogP contribution in [0.15, 0.2) is 77.1 Å². The summed E-state index contributed by atoms with van der Waals surface area (Å²) in [6.45, 7) is 0. The highest BCUT2D eigenvalue weighted by Gasteiger charge is 2.13. The summed E-state index contributed by atoms with van der Waals surface area (Å²) in [6.07, 6.45) is 0. The van der Waals surface area contributed by atoms with Crippen LogP contribution in [0, 0.1) is 10.1 Å². The molecule has 0 aliphatic rings. The Hall–Kier alpha value is -3.28. The summed E-state index contributed by atoms with van der Waals surface area (Å²) >= 11 is 0. The van der Waals surface area contributed by atoms with E-state index in [-0.39, 0.29) is 5.69 Å². The Bertz CT molecular complexity index is 847. The van der Waals surface area contributed by atoms with Crippen LogP contribution in [0.1, 0.15) is 0 Å². The molecule has 0 aromatic heterocycles. The fraction of sp³-hybridized carbons (Fsp3) is 0. The summed E-state index contributed by atoms with van der Waals surface area (Å²) in [4.78, 5) is 10.7. The number of nitro benzene ring substituents is 1. The van der Waals surface area contributed by atoms with Gasteiger partial charge in [0.2, 0.25) is 0 Å². The minimum absolute atomic E-state index is 0.0607. The van der Waals surface area contributed by atoms with Crippen LogP contribution in [0.5, 0.6) is 0 Å². The van der Waals surface area contributed by atoms with Gasteiger partial charge in [-0.2, -0.15) is 0 Å². The number of para-hydroxylation sites is 1. The molecule has 0 aliphatic carbocycles. The molecule has 0 aliphatic heterocycles. The number of nitrogens with zero attached hydrogens (tertiary/aromatic N) is 3. The fourth-order valence-electron chi connectivity index (χ4n) is 2.16. The van der Waals surface area contributed by atoms with Crippen molar-refractivity contribution in [2.45, 2.75) is 0 Å². The Morgan fingerprint density at radius 2 is 1.55 bits per heavy atom. The second-order valence-corrected chi connectivity index (χ2v) is 4.58. The standard InChI is InChI=1S/C16H12N4O2/c21-20(22)16-11-10-15(13-8-4-5-9-14(13)16)18-19-17-12-6-2-1-3-7-12/h1-11H,(H,17,18). The summed E-state index contributed by atoms with van der Waals surface area (Å²) in [7, 11) is 0. The van der Waals surface area contributed by atoms with E-state index in [0.29, 0.717) is 16.5 Å². The van der Waals surface area contributed by atoms with Crippen LogP contribution in [0.3, 0.4) is 0 Å². The van der Waals surface area contributed by atoms with E-state index in [4.69, 9.17) is 0 Å². The Balaban J connectivity index is 1.95. The van der Waals surface area contributed by atoms with Gasteiger partial charge in [0.25, 0.3) is 5.69 Å². The zero-order chi connectivity index (χ0) is 15.4. The molecule has 0 bridgehead atoms. The van der Waals surface area contributed by atoms with E-state index >= 15 is 0 Å². The van der Waals surface area contributed by atoms with Gasteiger partial charge < -0.3 is 0 Å². The topological polar surface area (TPSA) is 79.9 Å². The Morgan fingerprint density at radius 1 is 0.864 bits per heavy atom. The van der Waals surface area contributed by atoms with Gasteiger partial charge in [-0.3, -0.25) is 15.5 Å². The third kappa shape index (κ3) is 2.76. The van der Waals surface area contributed by atoms with Gasteiger partial charge in [-0.05, 0) is 24.3 Å². The molecule has 0 spiro atoms. The van der Waals surface area contributed by atoms with Gasteiger partial charge in [-0.1, -0.05) is 41.6 Å². The molecule has 0 saturated heterocycles. The number of nitro groups is 1. The Kier molecular flexibility index (Phi) is 3.74. The van der Waals surface area contributed by atoms with Crippen molar-refractivity contribution in [3.63, 3.8) is 0 Å². The monoisotopic (exact) mass is 292 g/mol. The second kappa shape index (κ2) is 6.01. The van der Waals surface area contributed by atoms with Crippen molar-refractivity contribution >= 4 is 27.8 Å².